The summed E-state index contributed by atoms with van der Waals surface area (Å²) in [7, 11) is 0. The molecular formula is C20H22F2N4O4. The van der Waals surface area contributed by atoms with E-state index in [0.717, 1.165) is 25.1 Å². The number of nitrogens with two attached hydrogens (primary N) is 1. The van der Waals surface area contributed by atoms with Crippen molar-refractivity contribution in [2.24, 2.45) is 10.9 Å². The number of aromatic carboxylic acids is 1. The van der Waals surface area contributed by atoms with Crippen molar-refractivity contribution >= 4 is 28.3 Å². The molecule has 2 aliphatic rings. The molecule has 30 heavy (non-hydrogen) atoms. The minimum Gasteiger partial charge on any atom is -0.477 e. The topological polar surface area (TPSA) is 110 Å². The average Bonchev–Trinajstić information content (AvgIpc) is 3.51. The molecule has 160 valence electrons. The lowest BCUT2D eigenvalue weighted by Crippen LogP contribution is -2.48. The van der Waals surface area contributed by atoms with E-state index in [-0.39, 0.29) is 35.7 Å². The quantitative estimate of drug-likeness (QED) is 0.718. The van der Waals surface area contributed by atoms with Gasteiger partial charge in [-0.3, -0.25) is 4.79 Å². The van der Waals surface area contributed by atoms with Crippen LogP contribution in [0.2, 0.25) is 0 Å². The average molecular weight is 420 g/mol. The molecule has 3 N–H and O–H groups in total. The number of carboxylic acids is 1. The van der Waals surface area contributed by atoms with E-state index in [2.05, 4.69) is 5.16 Å². The van der Waals surface area contributed by atoms with Gasteiger partial charge in [0.2, 0.25) is 5.43 Å². The molecule has 0 radical (unpaired) electrons. The van der Waals surface area contributed by atoms with E-state index in [4.69, 9.17) is 10.6 Å². The molecule has 10 heteroatoms. The molecule has 2 fully saturated rings. The fourth-order valence-corrected chi connectivity index (χ4v) is 3.91. The zero-order valence-corrected chi connectivity index (χ0v) is 16.4. The van der Waals surface area contributed by atoms with Crippen molar-refractivity contribution in [1.29, 1.82) is 0 Å². The van der Waals surface area contributed by atoms with Gasteiger partial charge < -0.3 is 25.1 Å². The standard InChI is InChI=1S/C20H22F2N4O4/c1-2-30-24-11-5-10(23)7-25(8-11)18-15(21)6-13-17(16(18)22)26(12-3-4-12)9-14(19(13)27)20(28)29/h6,9-10,12H,2-5,7-8,23H2,1H3,(H,28,29)/b24-11+. The molecule has 8 nitrogen and oxygen atoms in total. The number of rotatable bonds is 5. The third-order valence-corrected chi connectivity index (χ3v) is 5.32. The van der Waals surface area contributed by atoms with Gasteiger partial charge in [-0.1, -0.05) is 5.16 Å². The molecule has 1 saturated carbocycles. The van der Waals surface area contributed by atoms with Crippen molar-refractivity contribution in [3.8, 4) is 0 Å². The number of anilines is 1. The molecule has 0 bridgehead atoms. The Morgan fingerprint density at radius 2 is 2.13 bits per heavy atom. The fraction of sp³-hybridized carbons (Fsp3) is 0.450. The van der Waals surface area contributed by atoms with Crippen LogP contribution in [-0.2, 0) is 4.84 Å². The first-order valence-corrected chi connectivity index (χ1v) is 9.80. The summed E-state index contributed by atoms with van der Waals surface area (Å²) in [5, 5.41) is 13.0. The molecule has 1 aromatic carbocycles. The SMILES string of the molecule is CCO/N=C1\CC(N)CN(c2c(F)cc3c(=O)c(C(=O)O)cn(C4CC4)c3c2F)C1. The van der Waals surface area contributed by atoms with Gasteiger partial charge in [0.25, 0.3) is 0 Å². The van der Waals surface area contributed by atoms with E-state index >= 15 is 8.78 Å². The second kappa shape index (κ2) is 7.67. The summed E-state index contributed by atoms with van der Waals surface area (Å²) in [4.78, 5) is 30.5. The van der Waals surface area contributed by atoms with Crippen molar-refractivity contribution in [2.75, 3.05) is 24.6 Å². The van der Waals surface area contributed by atoms with Crippen LogP contribution in [0.15, 0.2) is 22.2 Å². The van der Waals surface area contributed by atoms with Gasteiger partial charge in [0, 0.05) is 31.2 Å². The first-order valence-electron chi connectivity index (χ1n) is 9.80. The normalized spacial score (nSPS) is 20.7. The number of fused-ring (bicyclic) bond motifs is 1. The van der Waals surface area contributed by atoms with Gasteiger partial charge in [0.05, 0.1) is 23.2 Å². The highest BCUT2D eigenvalue weighted by Crippen LogP contribution is 2.39. The minimum absolute atomic E-state index is 0.0914. The summed E-state index contributed by atoms with van der Waals surface area (Å²) in [5.74, 6) is -3.29. The van der Waals surface area contributed by atoms with E-state index in [1.165, 1.54) is 9.47 Å². The van der Waals surface area contributed by atoms with Gasteiger partial charge in [0.1, 0.15) is 23.7 Å². The van der Waals surface area contributed by atoms with Gasteiger partial charge >= 0.3 is 5.97 Å². The number of oxime groups is 1. The summed E-state index contributed by atoms with van der Waals surface area (Å²) < 4.78 is 32.2. The number of pyridine rings is 1. The van der Waals surface area contributed by atoms with Crippen LogP contribution in [0, 0.1) is 11.6 Å². The maximum atomic E-state index is 15.7. The molecule has 2 aromatic rings. The second-order valence-electron chi connectivity index (χ2n) is 7.65. The Balaban J connectivity index is 1.90. The number of hydrogen-bond donors (Lipinski definition) is 2. The first kappa shape index (κ1) is 20.3. The number of piperidine rings is 1. The number of aromatic nitrogens is 1. The lowest BCUT2D eigenvalue weighted by atomic mass is 10.0. The number of hydrogen-bond acceptors (Lipinski definition) is 6. The van der Waals surface area contributed by atoms with E-state index in [1.807, 2.05) is 0 Å². The predicted octanol–water partition coefficient (Wildman–Crippen LogP) is 2.24. The molecule has 1 aliphatic carbocycles. The van der Waals surface area contributed by atoms with Gasteiger partial charge in [-0.25, -0.2) is 13.6 Å². The smallest absolute Gasteiger partial charge is 0.341 e. The Morgan fingerprint density at radius 1 is 1.40 bits per heavy atom. The number of benzene rings is 1. The molecule has 4 rings (SSSR count). The molecule has 1 saturated heterocycles. The van der Waals surface area contributed by atoms with Crippen LogP contribution in [0.25, 0.3) is 10.9 Å². The van der Waals surface area contributed by atoms with Gasteiger partial charge in [-0.2, -0.15) is 0 Å². The van der Waals surface area contributed by atoms with Crippen molar-refractivity contribution < 1.29 is 23.5 Å². The van der Waals surface area contributed by atoms with Crippen LogP contribution in [-0.4, -0.2) is 47.1 Å². The van der Waals surface area contributed by atoms with Crippen LogP contribution in [0.4, 0.5) is 14.5 Å². The Bertz CT molecular complexity index is 1110. The van der Waals surface area contributed by atoms with Crippen LogP contribution in [0.1, 0.15) is 42.6 Å². The van der Waals surface area contributed by atoms with Gasteiger partial charge in [0.15, 0.2) is 5.82 Å². The highest BCUT2D eigenvalue weighted by atomic mass is 19.1. The third kappa shape index (κ3) is 3.51. The Morgan fingerprint density at radius 3 is 2.77 bits per heavy atom. The van der Waals surface area contributed by atoms with Gasteiger partial charge in [-0.05, 0) is 25.8 Å². The van der Waals surface area contributed by atoms with Crippen LogP contribution < -0.4 is 16.1 Å². The molecule has 1 aromatic heterocycles. The van der Waals surface area contributed by atoms with Crippen molar-refractivity contribution in [3.63, 3.8) is 0 Å². The van der Waals surface area contributed by atoms with E-state index in [9.17, 15) is 14.7 Å². The number of halogens is 2. The molecular weight excluding hydrogens is 398 g/mol. The highest BCUT2D eigenvalue weighted by molar-refractivity contribution is 5.95. The van der Waals surface area contributed by atoms with Gasteiger partial charge in [-0.15, -0.1) is 0 Å². The zero-order valence-electron chi connectivity index (χ0n) is 16.4. The second-order valence-corrected chi connectivity index (χ2v) is 7.65. The van der Waals surface area contributed by atoms with E-state index < -0.39 is 34.6 Å². The molecule has 0 spiro atoms. The minimum atomic E-state index is -1.43. The van der Waals surface area contributed by atoms with Crippen molar-refractivity contribution in [3.05, 3.63) is 39.7 Å². The van der Waals surface area contributed by atoms with E-state index in [0.29, 0.717) is 18.7 Å². The lowest BCUT2D eigenvalue weighted by Gasteiger charge is -2.34. The Hall–Kier alpha value is -3.01. The summed E-state index contributed by atoms with van der Waals surface area (Å²) in [5.41, 5.74) is 4.81. The molecule has 0 amide bonds. The summed E-state index contributed by atoms with van der Waals surface area (Å²) >= 11 is 0. The highest BCUT2D eigenvalue weighted by Gasteiger charge is 2.32. The summed E-state index contributed by atoms with van der Waals surface area (Å²) in [6, 6.07) is 0.395. The van der Waals surface area contributed by atoms with Crippen LogP contribution >= 0.6 is 0 Å². The number of carbonyl (C=O) groups is 1. The molecule has 1 aliphatic heterocycles. The maximum absolute atomic E-state index is 15.7. The maximum Gasteiger partial charge on any atom is 0.341 e. The zero-order chi connectivity index (χ0) is 21.6. The monoisotopic (exact) mass is 420 g/mol. The molecule has 1 unspecified atom stereocenters. The van der Waals surface area contributed by atoms with E-state index in [1.54, 1.807) is 6.92 Å². The van der Waals surface area contributed by atoms with Crippen molar-refractivity contribution in [2.45, 2.75) is 38.3 Å². The first-order chi connectivity index (χ1) is 14.3. The summed E-state index contributed by atoms with van der Waals surface area (Å²) in [6.45, 7) is 2.46. The fourth-order valence-electron chi connectivity index (χ4n) is 3.91. The predicted molar refractivity (Wildman–Crippen MR) is 107 cm³/mol. The molecule has 2 heterocycles. The van der Waals surface area contributed by atoms with Crippen LogP contribution in [0.5, 0.6) is 0 Å². The van der Waals surface area contributed by atoms with Crippen molar-refractivity contribution in [1.82, 2.24) is 4.57 Å². The summed E-state index contributed by atoms with van der Waals surface area (Å²) in [6.07, 6.45) is 3.05. The lowest BCUT2D eigenvalue weighted by molar-refractivity contribution is 0.0694. The number of carboxylic acid groups (broad SMARTS) is 1. The molecule has 1 atom stereocenters. The Kier molecular flexibility index (Phi) is 5.19. The third-order valence-electron chi connectivity index (χ3n) is 5.32. The number of nitrogens with zero attached hydrogens (tertiary/aromatic N) is 3. The van der Waals surface area contributed by atoms with Crippen LogP contribution in [0.3, 0.4) is 0 Å². The Labute approximate surface area is 170 Å². The largest absolute Gasteiger partial charge is 0.477 e.